The first-order chi connectivity index (χ1) is 15.5. The molecule has 2 aromatic carbocycles. The molecule has 0 unspecified atom stereocenters. The molecule has 0 N–H and O–H groups in total. The lowest BCUT2D eigenvalue weighted by Gasteiger charge is -2.36. The Morgan fingerprint density at radius 1 is 1.00 bits per heavy atom. The Hall–Kier alpha value is -2.93. The number of benzene rings is 2. The summed E-state index contributed by atoms with van der Waals surface area (Å²) in [6.07, 6.45) is 1.30. The zero-order valence-electron chi connectivity index (χ0n) is 18.9. The molecule has 2 aromatic rings. The molecule has 6 nitrogen and oxygen atoms in total. The molecule has 1 aliphatic heterocycles. The van der Waals surface area contributed by atoms with Crippen molar-refractivity contribution in [2.75, 3.05) is 46.4 Å². The van der Waals surface area contributed by atoms with Gasteiger partial charge < -0.3 is 14.5 Å². The minimum absolute atomic E-state index is 0.0309. The number of carbonyl (C=O) groups excluding carboxylic acids is 2. The third kappa shape index (κ3) is 6.53. The molecule has 1 aliphatic rings. The minimum atomic E-state index is -0.276. The van der Waals surface area contributed by atoms with E-state index in [0.29, 0.717) is 38.2 Å². The summed E-state index contributed by atoms with van der Waals surface area (Å²) in [5, 5.41) is 0. The standard InChI is InChI=1S/C25H32FN3O3/c1-3-4-24(30)29(19-20-5-9-22(26)10-6-20)18-15-27-13-16-28(17-14-27)25(31)21-7-11-23(32-2)12-8-21/h5-12H,3-4,13-19H2,1-2H3. The van der Waals surface area contributed by atoms with Crippen molar-refractivity contribution >= 4 is 11.8 Å². The molecule has 7 heteroatoms. The van der Waals surface area contributed by atoms with Crippen LogP contribution in [-0.4, -0.2) is 72.9 Å². The first-order valence-electron chi connectivity index (χ1n) is 11.2. The highest BCUT2D eigenvalue weighted by molar-refractivity contribution is 5.94. The first kappa shape index (κ1) is 23.7. The van der Waals surface area contributed by atoms with E-state index in [1.165, 1.54) is 12.1 Å². The van der Waals surface area contributed by atoms with Gasteiger partial charge in [0, 0.05) is 57.8 Å². The van der Waals surface area contributed by atoms with E-state index in [9.17, 15) is 14.0 Å². The summed E-state index contributed by atoms with van der Waals surface area (Å²) >= 11 is 0. The average Bonchev–Trinajstić information content (AvgIpc) is 2.83. The molecule has 0 atom stereocenters. The third-order valence-electron chi connectivity index (χ3n) is 5.79. The summed E-state index contributed by atoms with van der Waals surface area (Å²) < 4.78 is 18.4. The smallest absolute Gasteiger partial charge is 0.253 e. The highest BCUT2D eigenvalue weighted by atomic mass is 19.1. The number of amides is 2. The Balaban J connectivity index is 1.51. The fraction of sp³-hybridized carbons (Fsp3) is 0.440. The maximum atomic E-state index is 13.2. The van der Waals surface area contributed by atoms with E-state index < -0.39 is 0 Å². The topological polar surface area (TPSA) is 53.1 Å². The Kier molecular flexibility index (Phi) is 8.62. The van der Waals surface area contributed by atoms with Crippen molar-refractivity contribution in [3.63, 3.8) is 0 Å². The van der Waals surface area contributed by atoms with Gasteiger partial charge in [0.05, 0.1) is 7.11 Å². The van der Waals surface area contributed by atoms with E-state index in [2.05, 4.69) is 4.90 Å². The molecule has 0 spiro atoms. The second-order valence-electron chi connectivity index (χ2n) is 8.05. The number of hydrogen-bond donors (Lipinski definition) is 0. The SMILES string of the molecule is CCCC(=O)N(CCN1CCN(C(=O)c2ccc(OC)cc2)CC1)Cc1ccc(F)cc1. The molecule has 0 aliphatic carbocycles. The van der Waals surface area contributed by atoms with Crippen LogP contribution in [0.3, 0.4) is 0 Å². The Bertz CT molecular complexity index is 878. The van der Waals surface area contributed by atoms with Crippen molar-refractivity contribution in [1.82, 2.24) is 14.7 Å². The lowest BCUT2D eigenvalue weighted by Crippen LogP contribution is -2.50. The first-order valence-corrected chi connectivity index (χ1v) is 11.2. The molecule has 1 fully saturated rings. The average molecular weight is 442 g/mol. The molecule has 3 rings (SSSR count). The zero-order chi connectivity index (χ0) is 22.9. The normalized spacial score (nSPS) is 14.3. The van der Waals surface area contributed by atoms with Gasteiger partial charge in [-0.05, 0) is 48.4 Å². The van der Waals surface area contributed by atoms with Crippen molar-refractivity contribution < 1.29 is 18.7 Å². The van der Waals surface area contributed by atoms with Crippen LogP contribution in [0.25, 0.3) is 0 Å². The molecule has 1 saturated heterocycles. The van der Waals surface area contributed by atoms with Crippen molar-refractivity contribution in [3.8, 4) is 5.75 Å². The van der Waals surface area contributed by atoms with Gasteiger partial charge in [-0.3, -0.25) is 14.5 Å². The van der Waals surface area contributed by atoms with E-state index in [1.54, 1.807) is 43.5 Å². The minimum Gasteiger partial charge on any atom is -0.497 e. The molecule has 0 saturated carbocycles. The summed E-state index contributed by atoms with van der Waals surface area (Å²) in [6, 6.07) is 13.5. The number of methoxy groups -OCH3 is 1. The van der Waals surface area contributed by atoms with E-state index in [4.69, 9.17) is 4.74 Å². The number of nitrogens with zero attached hydrogens (tertiary/aromatic N) is 3. The Labute approximate surface area is 189 Å². The summed E-state index contributed by atoms with van der Waals surface area (Å²) in [6.45, 7) is 6.70. The number of halogens is 1. The van der Waals surface area contributed by atoms with E-state index in [0.717, 1.165) is 37.4 Å². The van der Waals surface area contributed by atoms with Gasteiger partial charge in [0.25, 0.3) is 5.91 Å². The fourth-order valence-electron chi connectivity index (χ4n) is 3.83. The summed E-state index contributed by atoms with van der Waals surface area (Å²) in [7, 11) is 1.60. The molecule has 0 aromatic heterocycles. The molecule has 172 valence electrons. The number of piperazine rings is 1. The van der Waals surface area contributed by atoms with E-state index in [-0.39, 0.29) is 17.6 Å². The predicted octanol–water partition coefficient (Wildman–Crippen LogP) is 3.42. The van der Waals surface area contributed by atoms with Gasteiger partial charge >= 0.3 is 0 Å². The molecular formula is C25H32FN3O3. The van der Waals surface area contributed by atoms with Crippen LogP contribution in [0.2, 0.25) is 0 Å². The maximum Gasteiger partial charge on any atom is 0.253 e. The molecule has 0 radical (unpaired) electrons. The van der Waals surface area contributed by atoms with Crippen molar-refractivity contribution in [2.24, 2.45) is 0 Å². The van der Waals surface area contributed by atoms with Crippen LogP contribution >= 0.6 is 0 Å². The summed E-state index contributed by atoms with van der Waals surface area (Å²) in [5.74, 6) is 0.602. The summed E-state index contributed by atoms with van der Waals surface area (Å²) in [4.78, 5) is 31.4. The predicted molar refractivity (Wildman–Crippen MR) is 122 cm³/mol. The van der Waals surface area contributed by atoms with Crippen LogP contribution in [0.15, 0.2) is 48.5 Å². The molecular weight excluding hydrogens is 409 g/mol. The molecule has 2 amide bonds. The van der Waals surface area contributed by atoms with Gasteiger partial charge in [-0.15, -0.1) is 0 Å². The van der Waals surface area contributed by atoms with Crippen LogP contribution in [0, 0.1) is 5.82 Å². The quantitative estimate of drug-likeness (QED) is 0.598. The fourth-order valence-corrected chi connectivity index (χ4v) is 3.83. The molecule has 0 bridgehead atoms. The Morgan fingerprint density at radius 3 is 2.25 bits per heavy atom. The number of carbonyl (C=O) groups is 2. The van der Waals surface area contributed by atoms with Crippen LogP contribution in [0.4, 0.5) is 4.39 Å². The van der Waals surface area contributed by atoms with E-state index in [1.807, 2.05) is 16.7 Å². The Morgan fingerprint density at radius 2 is 1.66 bits per heavy atom. The number of rotatable bonds is 9. The van der Waals surface area contributed by atoms with Gasteiger partial charge in [0.15, 0.2) is 0 Å². The van der Waals surface area contributed by atoms with Crippen LogP contribution in [0.1, 0.15) is 35.7 Å². The molecule has 32 heavy (non-hydrogen) atoms. The number of hydrogen-bond acceptors (Lipinski definition) is 4. The van der Waals surface area contributed by atoms with Gasteiger partial charge in [0.1, 0.15) is 11.6 Å². The van der Waals surface area contributed by atoms with Gasteiger partial charge in [-0.2, -0.15) is 0 Å². The lowest BCUT2D eigenvalue weighted by molar-refractivity contribution is -0.132. The van der Waals surface area contributed by atoms with Crippen LogP contribution < -0.4 is 4.74 Å². The van der Waals surface area contributed by atoms with Crippen molar-refractivity contribution in [3.05, 3.63) is 65.5 Å². The highest BCUT2D eigenvalue weighted by Crippen LogP contribution is 2.15. The van der Waals surface area contributed by atoms with Crippen LogP contribution in [0.5, 0.6) is 5.75 Å². The second kappa shape index (κ2) is 11.6. The van der Waals surface area contributed by atoms with Crippen molar-refractivity contribution in [1.29, 1.82) is 0 Å². The monoisotopic (exact) mass is 441 g/mol. The third-order valence-corrected chi connectivity index (χ3v) is 5.79. The lowest BCUT2D eigenvalue weighted by atomic mass is 10.1. The van der Waals surface area contributed by atoms with Crippen molar-refractivity contribution in [2.45, 2.75) is 26.3 Å². The zero-order valence-corrected chi connectivity index (χ0v) is 18.9. The number of ether oxygens (including phenoxy) is 1. The van der Waals surface area contributed by atoms with Gasteiger partial charge in [-0.25, -0.2) is 4.39 Å². The highest BCUT2D eigenvalue weighted by Gasteiger charge is 2.23. The van der Waals surface area contributed by atoms with Gasteiger partial charge in [-0.1, -0.05) is 19.1 Å². The second-order valence-corrected chi connectivity index (χ2v) is 8.05. The molecule has 1 heterocycles. The summed E-state index contributed by atoms with van der Waals surface area (Å²) in [5.41, 5.74) is 1.58. The largest absolute Gasteiger partial charge is 0.497 e. The van der Waals surface area contributed by atoms with Crippen LogP contribution in [-0.2, 0) is 11.3 Å². The van der Waals surface area contributed by atoms with Gasteiger partial charge in [0.2, 0.25) is 5.91 Å². The van der Waals surface area contributed by atoms with E-state index >= 15 is 0 Å². The maximum absolute atomic E-state index is 13.2.